The van der Waals surface area contributed by atoms with Gasteiger partial charge >= 0.3 is 12.0 Å². The maximum atomic E-state index is 10.7. The number of carboxylic acid groups (broad SMARTS) is 1. The average Bonchev–Trinajstić information content (AvgIpc) is 2.23. The summed E-state index contributed by atoms with van der Waals surface area (Å²) in [7, 11) is 0. The SMILES string of the molecule is Cc1nc(NCCNC(N)=O)ncc1C(=O)O. The Labute approximate surface area is 97.3 Å². The number of nitrogens with two attached hydrogens (primary N) is 1. The average molecular weight is 239 g/mol. The number of aryl methyl sites for hydroxylation is 1. The molecule has 0 atom stereocenters. The monoisotopic (exact) mass is 239 g/mol. The second kappa shape index (κ2) is 5.64. The van der Waals surface area contributed by atoms with Gasteiger partial charge in [0.25, 0.3) is 0 Å². The Hall–Kier alpha value is -2.38. The minimum Gasteiger partial charge on any atom is -0.478 e. The number of anilines is 1. The summed E-state index contributed by atoms with van der Waals surface area (Å²) in [4.78, 5) is 28.9. The molecule has 0 fully saturated rings. The molecule has 8 heteroatoms. The number of hydrogen-bond acceptors (Lipinski definition) is 5. The van der Waals surface area contributed by atoms with Crippen molar-refractivity contribution in [2.24, 2.45) is 5.73 Å². The molecule has 92 valence electrons. The number of nitrogens with one attached hydrogen (secondary N) is 2. The van der Waals surface area contributed by atoms with Crippen LogP contribution in [0.25, 0.3) is 0 Å². The van der Waals surface area contributed by atoms with Crippen molar-refractivity contribution in [1.29, 1.82) is 0 Å². The topological polar surface area (TPSA) is 130 Å². The number of aromatic carboxylic acids is 1. The number of carbonyl (C=O) groups is 2. The zero-order valence-corrected chi connectivity index (χ0v) is 9.23. The van der Waals surface area contributed by atoms with Crippen LogP contribution in [0, 0.1) is 6.92 Å². The van der Waals surface area contributed by atoms with Crippen LogP contribution >= 0.6 is 0 Å². The first-order valence-corrected chi connectivity index (χ1v) is 4.85. The van der Waals surface area contributed by atoms with Gasteiger partial charge in [-0.1, -0.05) is 0 Å². The van der Waals surface area contributed by atoms with Gasteiger partial charge in [-0.15, -0.1) is 0 Å². The second-order valence-electron chi connectivity index (χ2n) is 3.22. The van der Waals surface area contributed by atoms with E-state index in [4.69, 9.17) is 10.8 Å². The fourth-order valence-corrected chi connectivity index (χ4v) is 1.12. The molecule has 0 unspecified atom stereocenters. The van der Waals surface area contributed by atoms with Crippen molar-refractivity contribution in [3.63, 3.8) is 0 Å². The molecule has 0 spiro atoms. The molecule has 0 aliphatic carbocycles. The molecule has 0 aliphatic heterocycles. The lowest BCUT2D eigenvalue weighted by molar-refractivity contribution is 0.0695. The highest BCUT2D eigenvalue weighted by atomic mass is 16.4. The number of carbonyl (C=O) groups excluding carboxylic acids is 1. The van der Waals surface area contributed by atoms with E-state index in [-0.39, 0.29) is 5.56 Å². The number of rotatable bonds is 5. The third-order valence-electron chi connectivity index (χ3n) is 1.92. The summed E-state index contributed by atoms with van der Waals surface area (Å²) in [6, 6.07) is -0.606. The Bertz CT molecular complexity index is 435. The second-order valence-corrected chi connectivity index (χ2v) is 3.22. The van der Waals surface area contributed by atoms with Crippen molar-refractivity contribution >= 4 is 17.9 Å². The van der Waals surface area contributed by atoms with Crippen LogP contribution in [0.15, 0.2) is 6.20 Å². The van der Waals surface area contributed by atoms with Gasteiger partial charge < -0.3 is 21.5 Å². The lowest BCUT2D eigenvalue weighted by Crippen LogP contribution is -2.33. The normalized spacial score (nSPS) is 9.71. The summed E-state index contributed by atoms with van der Waals surface area (Å²) in [5, 5.41) is 14.0. The molecule has 1 aromatic rings. The first-order chi connectivity index (χ1) is 8.00. The highest BCUT2D eigenvalue weighted by Gasteiger charge is 2.09. The molecule has 0 aromatic carbocycles. The van der Waals surface area contributed by atoms with Crippen molar-refractivity contribution in [2.45, 2.75) is 6.92 Å². The third-order valence-corrected chi connectivity index (χ3v) is 1.92. The van der Waals surface area contributed by atoms with Crippen molar-refractivity contribution in [1.82, 2.24) is 15.3 Å². The number of primary amides is 1. The van der Waals surface area contributed by atoms with Gasteiger partial charge in [0.05, 0.1) is 11.3 Å². The Balaban J connectivity index is 2.53. The predicted octanol–water partition coefficient (Wildman–Crippen LogP) is -0.437. The van der Waals surface area contributed by atoms with Gasteiger partial charge in [-0.3, -0.25) is 0 Å². The molecule has 2 amide bonds. The summed E-state index contributed by atoms with van der Waals surface area (Å²) >= 11 is 0. The maximum Gasteiger partial charge on any atom is 0.339 e. The van der Waals surface area contributed by atoms with Crippen LogP contribution in [0.5, 0.6) is 0 Å². The molecule has 0 bridgehead atoms. The molecule has 0 saturated heterocycles. The van der Waals surface area contributed by atoms with Crippen LogP contribution in [0.1, 0.15) is 16.1 Å². The van der Waals surface area contributed by atoms with E-state index in [0.29, 0.717) is 24.7 Å². The van der Waals surface area contributed by atoms with Crippen LogP contribution in [0.4, 0.5) is 10.7 Å². The van der Waals surface area contributed by atoms with E-state index in [2.05, 4.69) is 20.6 Å². The number of aromatic nitrogens is 2. The van der Waals surface area contributed by atoms with Crippen molar-refractivity contribution in [3.05, 3.63) is 17.5 Å². The minimum atomic E-state index is -1.07. The third kappa shape index (κ3) is 3.93. The minimum absolute atomic E-state index is 0.0609. The molecular formula is C9H13N5O3. The number of amides is 2. The largest absolute Gasteiger partial charge is 0.478 e. The van der Waals surface area contributed by atoms with Gasteiger partial charge in [-0.25, -0.2) is 19.6 Å². The highest BCUT2D eigenvalue weighted by molar-refractivity contribution is 5.88. The van der Waals surface area contributed by atoms with E-state index >= 15 is 0 Å². The van der Waals surface area contributed by atoms with Gasteiger partial charge in [-0.05, 0) is 6.92 Å². The molecule has 1 heterocycles. The number of carboxylic acids is 1. The summed E-state index contributed by atoms with van der Waals surface area (Å²) in [5.41, 5.74) is 5.31. The van der Waals surface area contributed by atoms with Crippen LogP contribution in [0.3, 0.4) is 0 Å². The fraction of sp³-hybridized carbons (Fsp3) is 0.333. The smallest absolute Gasteiger partial charge is 0.339 e. The first kappa shape index (κ1) is 12.7. The van der Waals surface area contributed by atoms with E-state index in [1.54, 1.807) is 6.92 Å². The van der Waals surface area contributed by atoms with Crippen LogP contribution < -0.4 is 16.4 Å². The Morgan fingerprint density at radius 3 is 2.71 bits per heavy atom. The maximum absolute atomic E-state index is 10.7. The van der Waals surface area contributed by atoms with Gasteiger partial charge in [0.2, 0.25) is 5.95 Å². The van der Waals surface area contributed by atoms with E-state index in [1.165, 1.54) is 6.20 Å². The lowest BCUT2D eigenvalue weighted by Gasteiger charge is -2.06. The summed E-state index contributed by atoms with van der Waals surface area (Å²) in [6.07, 6.45) is 1.23. The van der Waals surface area contributed by atoms with Crippen molar-refractivity contribution in [3.8, 4) is 0 Å². The van der Waals surface area contributed by atoms with Crippen LogP contribution in [0.2, 0.25) is 0 Å². The van der Waals surface area contributed by atoms with Gasteiger partial charge in [0.15, 0.2) is 0 Å². The molecule has 0 radical (unpaired) electrons. The number of urea groups is 1. The molecule has 8 nitrogen and oxygen atoms in total. The fourth-order valence-electron chi connectivity index (χ4n) is 1.12. The molecule has 1 aromatic heterocycles. The van der Waals surface area contributed by atoms with Gasteiger partial charge in [0.1, 0.15) is 0 Å². The van der Waals surface area contributed by atoms with Gasteiger partial charge in [0, 0.05) is 19.3 Å². The highest BCUT2D eigenvalue weighted by Crippen LogP contribution is 2.06. The Morgan fingerprint density at radius 2 is 2.18 bits per heavy atom. The summed E-state index contributed by atoms with van der Waals surface area (Å²) in [6.45, 7) is 2.31. The molecular weight excluding hydrogens is 226 g/mol. The summed E-state index contributed by atoms with van der Waals surface area (Å²) in [5.74, 6) is -0.761. The number of hydrogen-bond donors (Lipinski definition) is 4. The molecule has 1 rings (SSSR count). The van der Waals surface area contributed by atoms with Crippen LogP contribution in [-0.4, -0.2) is 40.2 Å². The number of nitrogens with zero attached hydrogens (tertiary/aromatic N) is 2. The molecule has 5 N–H and O–H groups in total. The molecule has 0 aliphatic rings. The first-order valence-electron chi connectivity index (χ1n) is 4.85. The Morgan fingerprint density at radius 1 is 1.47 bits per heavy atom. The van der Waals surface area contributed by atoms with Crippen molar-refractivity contribution in [2.75, 3.05) is 18.4 Å². The van der Waals surface area contributed by atoms with E-state index in [1.807, 2.05) is 0 Å². The molecule has 17 heavy (non-hydrogen) atoms. The standard InChI is InChI=1S/C9H13N5O3/c1-5-6(7(15)16)4-13-9(14-5)12-3-2-11-8(10)17/h4H,2-3H2,1H3,(H,15,16)(H3,10,11,17)(H,12,13,14). The van der Waals surface area contributed by atoms with E-state index in [9.17, 15) is 9.59 Å². The van der Waals surface area contributed by atoms with Crippen LogP contribution in [-0.2, 0) is 0 Å². The lowest BCUT2D eigenvalue weighted by atomic mass is 10.2. The van der Waals surface area contributed by atoms with E-state index < -0.39 is 12.0 Å². The zero-order valence-electron chi connectivity index (χ0n) is 9.23. The predicted molar refractivity (Wildman–Crippen MR) is 59.8 cm³/mol. The molecule has 0 saturated carbocycles. The van der Waals surface area contributed by atoms with Gasteiger partial charge in [-0.2, -0.15) is 0 Å². The zero-order chi connectivity index (χ0) is 12.8. The Kier molecular flexibility index (Phi) is 4.21. The summed E-state index contributed by atoms with van der Waals surface area (Å²) < 4.78 is 0. The van der Waals surface area contributed by atoms with E-state index in [0.717, 1.165) is 0 Å². The van der Waals surface area contributed by atoms with Crippen molar-refractivity contribution < 1.29 is 14.7 Å². The quantitative estimate of drug-likeness (QED) is 0.515.